The van der Waals surface area contributed by atoms with Gasteiger partial charge in [0.1, 0.15) is 0 Å². The van der Waals surface area contributed by atoms with Crippen molar-refractivity contribution in [2.24, 2.45) is 0 Å². The van der Waals surface area contributed by atoms with Crippen LogP contribution in [0.2, 0.25) is 0 Å². The van der Waals surface area contributed by atoms with Crippen LogP contribution in [0.3, 0.4) is 0 Å². The van der Waals surface area contributed by atoms with E-state index in [1.807, 2.05) is 0 Å². The summed E-state index contributed by atoms with van der Waals surface area (Å²) in [6.07, 6.45) is 0. The van der Waals surface area contributed by atoms with Crippen molar-refractivity contribution < 1.29 is 0 Å². The lowest BCUT2D eigenvalue weighted by Crippen LogP contribution is -2.10. The first-order valence-electron chi connectivity index (χ1n) is 24.8. The van der Waals surface area contributed by atoms with E-state index in [0.29, 0.717) is 0 Å². The van der Waals surface area contributed by atoms with Gasteiger partial charge in [-0.2, -0.15) is 0 Å². The summed E-state index contributed by atoms with van der Waals surface area (Å²) in [4.78, 5) is 0. The van der Waals surface area contributed by atoms with Crippen LogP contribution in [-0.2, 0) is 10.8 Å². The van der Waals surface area contributed by atoms with E-state index in [0.717, 1.165) is 0 Å². The smallest absolute Gasteiger partial charge is 0.00259 e. The van der Waals surface area contributed by atoms with Crippen molar-refractivity contribution in [3.63, 3.8) is 0 Å². The normalized spacial score (nSPS) is 12.1. The Balaban J connectivity index is 1.08. The molecule has 0 heterocycles. The van der Waals surface area contributed by atoms with Crippen LogP contribution in [0.1, 0.15) is 52.7 Å². The second-order valence-corrected chi connectivity index (χ2v) is 21.4. The summed E-state index contributed by atoms with van der Waals surface area (Å²) < 4.78 is 0. The van der Waals surface area contributed by atoms with Crippen molar-refractivity contribution >= 4 is 53.9 Å². The fourth-order valence-corrected chi connectivity index (χ4v) is 10.8. The minimum Gasteiger partial charge on any atom is -0.0622 e. The molecular formula is C70H56. The van der Waals surface area contributed by atoms with Crippen LogP contribution in [0.5, 0.6) is 0 Å². The SMILES string of the molecule is CC(C)(C)c1ccc(-c2cc(-c3ccc(C(C)(C)C)cc3)cc(-c3cc(-c4ccccc4)cc(-c4c5ccccc5c(-c5ccc6cc7ccc8ccccc8c7cc6c5)c5ccccc45)c3)c2)cc1. The van der Waals surface area contributed by atoms with Crippen LogP contribution in [0.4, 0.5) is 0 Å². The highest BCUT2D eigenvalue weighted by molar-refractivity contribution is 6.22. The van der Waals surface area contributed by atoms with E-state index in [9.17, 15) is 0 Å². The van der Waals surface area contributed by atoms with Gasteiger partial charge in [-0.1, -0.05) is 217 Å². The lowest BCUT2D eigenvalue weighted by molar-refractivity contribution is 0.590. The van der Waals surface area contributed by atoms with Crippen molar-refractivity contribution in [2.75, 3.05) is 0 Å². The Morgan fingerprint density at radius 3 is 1.07 bits per heavy atom. The van der Waals surface area contributed by atoms with Crippen LogP contribution >= 0.6 is 0 Å². The molecule has 0 spiro atoms. The van der Waals surface area contributed by atoms with Gasteiger partial charge in [-0.15, -0.1) is 0 Å². The molecule has 0 bridgehead atoms. The summed E-state index contributed by atoms with van der Waals surface area (Å²) in [5.41, 5.74) is 17.3. The zero-order chi connectivity index (χ0) is 47.7. The molecule has 0 radical (unpaired) electrons. The Kier molecular flexibility index (Phi) is 10.4. The molecule has 12 rings (SSSR count). The molecule has 0 fully saturated rings. The molecule has 0 aliphatic rings. The number of rotatable bonds is 6. The van der Waals surface area contributed by atoms with E-state index >= 15 is 0 Å². The summed E-state index contributed by atoms with van der Waals surface area (Å²) in [5.74, 6) is 0. The highest BCUT2D eigenvalue weighted by atomic mass is 14.2. The fraction of sp³-hybridized carbons (Fsp3) is 0.114. The molecule has 0 N–H and O–H groups in total. The van der Waals surface area contributed by atoms with E-state index in [-0.39, 0.29) is 10.8 Å². The number of fused-ring (bicyclic) bond motifs is 6. The molecule has 0 aliphatic carbocycles. The average molecular weight is 897 g/mol. The quantitative estimate of drug-likeness (QED) is 0.115. The van der Waals surface area contributed by atoms with E-state index in [1.54, 1.807) is 0 Å². The maximum atomic E-state index is 2.44. The summed E-state index contributed by atoms with van der Waals surface area (Å²) in [6.45, 7) is 13.7. The topological polar surface area (TPSA) is 0 Å². The van der Waals surface area contributed by atoms with Crippen molar-refractivity contribution in [1.29, 1.82) is 0 Å². The van der Waals surface area contributed by atoms with Gasteiger partial charge in [-0.25, -0.2) is 0 Å². The molecule has 12 aromatic rings. The number of hydrogen-bond acceptors (Lipinski definition) is 0. The summed E-state index contributed by atoms with van der Waals surface area (Å²) in [5, 5.41) is 12.6. The standard InChI is InChI=1S/C70H56/c1-69(2,3)59-32-28-46(29-33-59)52-38-53(47-30-34-60(35-31-47)70(4,5)6)40-55(39-52)56-41-54(45-16-8-7-9-17-45)42-58(43-56)68-64-22-14-12-20-62(64)67(63-21-13-15-23-65(63)68)51-27-25-49-36-50-26-24-48-18-10-11-19-61(48)66(50)44-57(49)37-51/h7-44H,1-6H3. The molecule has 0 nitrogen and oxygen atoms in total. The first-order chi connectivity index (χ1) is 33.9. The third-order valence-electron chi connectivity index (χ3n) is 14.7. The second-order valence-electron chi connectivity index (χ2n) is 21.4. The lowest BCUT2D eigenvalue weighted by atomic mass is 9.83. The van der Waals surface area contributed by atoms with Crippen LogP contribution < -0.4 is 0 Å². The van der Waals surface area contributed by atoms with E-state index in [2.05, 4.69) is 272 Å². The number of benzene rings is 12. The Morgan fingerprint density at radius 2 is 0.571 bits per heavy atom. The molecule has 0 aromatic heterocycles. The van der Waals surface area contributed by atoms with Gasteiger partial charge in [0, 0.05) is 0 Å². The van der Waals surface area contributed by atoms with Crippen molar-refractivity contribution in [1.82, 2.24) is 0 Å². The molecule has 0 heteroatoms. The largest absolute Gasteiger partial charge is 0.0622 e. The Morgan fingerprint density at radius 1 is 0.200 bits per heavy atom. The number of hydrogen-bond donors (Lipinski definition) is 0. The molecule has 0 saturated heterocycles. The fourth-order valence-electron chi connectivity index (χ4n) is 10.8. The average Bonchev–Trinajstić information content (AvgIpc) is 3.39. The monoisotopic (exact) mass is 896 g/mol. The maximum Gasteiger partial charge on any atom is -0.00259 e. The van der Waals surface area contributed by atoms with Crippen LogP contribution in [0.15, 0.2) is 231 Å². The molecule has 0 saturated carbocycles. The Labute approximate surface area is 412 Å². The van der Waals surface area contributed by atoms with Crippen LogP contribution in [-0.4, -0.2) is 0 Å². The zero-order valence-electron chi connectivity index (χ0n) is 40.9. The molecule has 0 aliphatic heterocycles. The zero-order valence-corrected chi connectivity index (χ0v) is 40.9. The highest BCUT2D eigenvalue weighted by Gasteiger charge is 2.20. The van der Waals surface area contributed by atoms with Gasteiger partial charge in [0.25, 0.3) is 0 Å². The molecular weight excluding hydrogens is 841 g/mol. The molecule has 0 amide bonds. The first-order valence-corrected chi connectivity index (χ1v) is 24.8. The predicted octanol–water partition coefficient (Wildman–Crippen LogP) is 20.0. The van der Waals surface area contributed by atoms with Crippen LogP contribution in [0, 0.1) is 0 Å². The van der Waals surface area contributed by atoms with Crippen LogP contribution in [0.25, 0.3) is 121 Å². The van der Waals surface area contributed by atoms with E-state index in [1.165, 1.54) is 132 Å². The summed E-state index contributed by atoms with van der Waals surface area (Å²) >= 11 is 0. The molecule has 70 heavy (non-hydrogen) atoms. The predicted molar refractivity (Wildman–Crippen MR) is 304 cm³/mol. The lowest BCUT2D eigenvalue weighted by Gasteiger charge is -2.21. The summed E-state index contributed by atoms with van der Waals surface area (Å²) in [7, 11) is 0. The van der Waals surface area contributed by atoms with Gasteiger partial charge in [0.15, 0.2) is 0 Å². The minimum absolute atomic E-state index is 0.0711. The molecule has 0 unspecified atom stereocenters. The minimum atomic E-state index is 0.0711. The Bertz CT molecular complexity index is 3830. The van der Waals surface area contributed by atoms with Gasteiger partial charge < -0.3 is 0 Å². The van der Waals surface area contributed by atoms with Crippen molar-refractivity contribution in [3.05, 3.63) is 242 Å². The third kappa shape index (κ3) is 7.84. The van der Waals surface area contributed by atoms with Gasteiger partial charge in [0.05, 0.1) is 0 Å². The first kappa shape index (κ1) is 43.2. The van der Waals surface area contributed by atoms with Gasteiger partial charge in [-0.3, -0.25) is 0 Å². The summed E-state index contributed by atoms with van der Waals surface area (Å²) in [6, 6.07) is 86.9. The Hall–Kier alpha value is -8.06. The molecule has 0 atom stereocenters. The molecule has 12 aromatic carbocycles. The van der Waals surface area contributed by atoms with Gasteiger partial charge >= 0.3 is 0 Å². The second kappa shape index (κ2) is 16.9. The highest BCUT2D eigenvalue weighted by Crippen LogP contribution is 2.47. The molecule has 336 valence electrons. The maximum absolute atomic E-state index is 2.44. The van der Waals surface area contributed by atoms with Crippen molar-refractivity contribution in [3.8, 4) is 66.8 Å². The van der Waals surface area contributed by atoms with Gasteiger partial charge in [-0.05, 0) is 197 Å². The van der Waals surface area contributed by atoms with Gasteiger partial charge in [0.2, 0.25) is 0 Å². The third-order valence-corrected chi connectivity index (χ3v) is 14.7. The van der Waals surface area contributed by atoms with E-state index in [4.69, 9.17) is 0 Å². The van der Waals surface area contributed by atoms with Crippen molar-refractivity contribution in [2.45, 2.75) is 52.4 Å². The van der Waals surface area contributed by atoms with E-state index < -0.39 is 0 Å².